The lowest BCUT2D eigenvalue weighted by Crippen LogP contribution is -2.30. The molecule has 0 aliphatic carbocycles. The monoisotopic (exact) mass is 1050 g/mol. The van der Waals surface area contributed by atoms with Gasteiger partial charge in [0, 0.05) is 22.7 Å². The van der Waals surface area contributed by atoms with Crippen LogP contribution in [0.1, 0.15) is 5.82 Å². The van der Waals surface area contributed by atoms with Gasteiger partial charge in [-0.1, -0.05) is 91.5 Å². The average Bonchev–Trinajstić information content (AvgIpc) is 4.19. The minimum absolute atomic E-state index is 0.158. The summed E-state index contributed by atoms with van der Waals surface area (Å²) in [6.07, 6.45) is 1.11. The zero-order chi connectivity index (χ0) is 55.2. The summed E-state index contributed by atoms with van der Waals surface area (Å²) in [4.78, 5) is 131. The van der Waals surface area contributed by atoms with Gasteiger partial charge >= 0.3 is 0 Å². The van der Waals surface area contributed by atoms with Gasteiger partial charge in [0.05, 0.1) is 65.8 Å². The molecule has 13 aromatic rings. The van der Waals surface area contributed by atoms with Gasteiger partial charge in [-0.25, -0.2) is 18.3 Å². The summed E-state index contributed by atoms with van der Waals surface area (Å²) in [5.74, 6) is -2.41. The number of nitrogens with zero attached hydrogens (tertiary/aromatic N) is 9. The Morgan fingerprint density at radius 1 is 0.338 bits per heavy atom. The van der Waals surface area contributed by atoms with Gasteiger partial charge in [-0.15, -0.1) is 0 Å². The fourth-order valence-corrected chi connectivity index (χ4v) is 10.3. The van der Waals surface area contributed by atoms with Crippen molar-refractivity contribution in [1.29, 1.82) is 0 Å². The summed E-state index contributed by atoms with van der Waals surface area (Å²) in [6, 6.07) is 50.1. The lowest BCUT2D eigenvalue weighted by atomic mass is 10.1. The normalized spacial score (nSPS) is 11.6. The molecule has 8 aromatic carbocycles. The predicted molar refractivity (Wildman–Crippen MR) is 305 cm³/mol. The third-order valence-corrected chi connectivity index (χ3v) is 14.0. The second-order valence-electron chi connectivity index (χ2n) is 18.5. The van der Waals surface area contributed by atoms with Gasteiger partial charge in [0.1, 0.15) is 0 Å². The molecule has 5 heterocycles. The number of rotatable bonds is 11. The molecule has 80 heavy (non-hydrogen) atoms. The summed E-state index contributed by atoms with van der Waals surface area (Å²) in [7, 11) is 0. The first-order chi connectivity index (χ1) is 38.8. The van der Waals surface area contributed by atoms with Gasteiger partial charge in [0.15, 0.2) is 17.3 Å². The number of hydrogen-bond acceptors (Lipinski definition) is 15. The van der Waals surface area contributed by atoms with Gasteiger partial charge in [-0.3, -0.25) is 38.4 Å². The first-order valence-electron chi connectivity index (χ1n) is 24.6. The van der Waals surface area contributed by atoms with E-state index in [1.54, 1.807) is 34.1 Å². The summed E-state index contributed by atoms with van der Waals surface area (Å²) < 4.78 is 2.60. The molecule has 19 heteroatoms. The largest absolute Gasteiger partial charge is 0.504 e. The number of benzene rings is 8. The number of aromatic nitrogens is 7. The molecule has 0 aliphatic rings. The van der Waals surface area contributed by atoms with Crippen LogP contribution in [0.4, 0.5) is 34.1 Å². The van der Waals surface area contributed by atoms with Crippen molar-refractivity contribution in [2.45, 2.75) is 0 Å². The van der Waals surface area contributed by atoms with Gasteiger partial charge in [-0.2, -0.15) is 15.0 Å². The SMILES string of the molecule is C=Cc1nc(-n2c(=O)c3cc4c(=O)n(-c5cccc(N(c6ccccc6)c6ccccc6)c5O)c(=O)c4cc3c2=O)nc(-n2c(=O)c3cc4c(=O)n(-c5cccc(N(c6ccccc6)c6ccccc6)c5O)c(=O)c4cc3c2=O)n1. The van der Waals surface area contributed by atoms with Gasteiger partial charge in [0.2, 0.25) is 11.9 Å². The summed E-state index contributed by atoms with van der Waals surface area (Å²) >= 11 is 0. The summed E-state index contributed by atoms with van der Waals surface area (Å²) in [6.45, 7) is 3.68. The van der Waals surface area contributed by atoms with Crippen molar-refractivity contribution in [3.05, 3.63) is 277 Å². The van der Waals surface area contributed by atoms with Crippen molar-refractivity contribution in [1.82, 2.24) is 33.2 Å². The van der Waals surface area contributed by atoms with Crippen LogP contribution in [0.5, 0.6) is 11.5 Å². The zero-order valence-corrected chi connectivity index (χ0v) is 41.3. The van der Waals surface area contributed by atoms with Crippen LogP contribution in [0.25, 0.3) is 72.4 Å². The molecule has 0 bridgehead atoms. The van der Waals surface area contributed by atoms with E-state index in [2.05, 4.69) is 21.5 Å². The molecule has 0 saturated heterocycles. The van der Waals surface area contributed by atoms with E-state index in [9.17, 15) is 48.6 Å². The van der Waals surface area contributed by atoms with Crippen LogP contribution in [0, 0.1) is 0 Å². The fraction of sp³-hybridized carbons (Fsp3) is 0. The highest BCUT2D eigenvalue weighted by atomic mass is 16.3. The standard InChI is InChI=1S/C61H35N9O10/c1-2-49-62-60(69-56(77)41-29-37-38(30-42(41)57(69)78)53(74)67(52(37)73)47-27-15-25-45(50(47)71)65(33-17-7-3-8-18-33)34-19-9-4-10-20-34)64-61(63-49)70-58(79)43-31-39-40(32-44(43)59(70)80)55(76)68(54(39)75)48-28-16-26-46(51(48)72)66(35-21-11-5-12-22-35)36-23-13-6-14-24-36/h2-32,71-72H,1H2. The van der Waals surface area contributed by atoms with E-state index >= 15 is 0 Å². The van der Waals surface area contributed by atoms with Crippen LogP contribution in [0.3, 0.4) is 0 Å². The quantitative estimate of drug-likeness (QED) is 0.129. The lowest BCUT2D eigenvalue weighted by Gasteiger charge is -2.26. The minimum Gasteiger partial charge on any atom is -0.504 e. The fourth-order valence-electron chi connectivity index (χ4n) is 10.3. The second-order valence-corrected chi connectivity index (χ2v) is 18.5. The van der Waals surface area contributed by atoms with Crippen LogP contribution >= 0.6 is 0 Å². The lowest BCUT2D eigenvalue weighted by molar-refractivity contribution is 0.472. The Morgan fingerprint density at radius 2 is 0.600 bits per heavy atom. The van der Waals surface area contributed by atoms with Crippen LogP contribution in [0.15, 0.2) is 227 Å². The number of hydrogen-bond donors (Lipinski definition) is 2. The Morgan fingerprint density at radius 3 is 0.863 bits per heavy atom. The molecule has 0 fully saturated rings. The van der Waals surface area contributed by atoms with E-state index < -0.39 is 67.9 Å². The first kappa shape index (κ1) is 47.9. The Balaban J connectivity index is 0.896. The third kappa shape index (κ3) is 7.18. The zero-order valence-electron chi connectivity index (χ0n) is 41.3. The smallest absolute Gasteiger partial charge is 0.268 e. The Kier molecular flexibility index (Phi) is 10.9. The molecule has 0 spiro atoms. The molecule has 384 valence electrons. The molecule has 2 N–H and O–H groups in total. The molecular formula is C61H35N9O10. The van der Waals surface area contributed by atoms with Crippen molar-refractivity contribution in [2.75, 3.05) is 9.80 Å². The molecule has 5 aromatic heterocycles. The number of anilines is 6. The molecule has 0 radical (unpaired) electrons. The van der Waals surface area contributed by atoms with Crippen LogP contribution in [0.2, 0.25) is 0 Å². The maximum absolute atomic E-state index is 14.3. The molecular weight excluding hydrogens is 1020 g/mol. The Labute approximate surface area is 446 Å². The number of para-hydroxylation sites is 6. The maximum atomic E-state index is 14.3. The van der Waals surface area contributed by atoms with Crippen LogP contribution in [-0.2, 0) is 0 Å². The van der Waals surface area contributed by atoms with Gasteiger partial charge < -0.3 is 20.0 Å². The maximum Gasteiger partial charge on any atom is 0.268 e. The van der Waals surface area contributed by atoms with E-state index in [4.69, 9.17) is 0 Å². The number of phenolic OH excluding ortho intramolecular Hbond substituents is 2. The van der Waals surface area contributed by atoms with Crippen LogP contribution < -0.4 is 54.3 Å². The summed E-state index contributed by atoms with van der Waals surface area (Å²) in [5.41, 5.74) is -4.85. The number of fused-ring (bicyclic) bond motifs is 4. The Bertz CT molecular complexity index is 4640. The molecule has 0 atom stereocenters. The van der Waals surface area contributed by atoms with E-state index in [0.717, 1.165) is 39.5 Å². The van der Waals surface area contributed by atoms with Crippen molar-refractivity contribution in [3.8, 4) is 34.8 Å². The molecule has 0 saturated carbocycles. The van der Waals surface area contributed by atoms with E-state index in [-0.39, 0.29) is 71.7 Å². The van der Waals surface area contributed by atoms with Crippen LogP contribution in [-0.4, -0.2) is 43.4 Å². The third-order valence-electron chi connectivity index (χ3n) is 14.0. The van der Waals surface area contributed by atoms with Crippen molar-refractivity contribution < 1.29 is 10.2 Å². The van der Waals surface area contributed by atoms with Crippen molar-refractivity contribution in [2.24, 2.45) is 0 Å². The minimum atomic E-state index is -1.03. The van der Waals surface area contributed by atoms with Crippen molar-refractivity contribution in [3.63, 3.8) is 0 Å². The highest BCUT2D eigenvalue weighted by molar-refractivity contribution is 6.00. The van der Waals surface area contributed by atoms with Gasteiger partial charge in [0.25, 0.3) is 44.5 Å². The Hall–Kier alpha value is -11.7. The average molecular weight is 1050 g/mol. The number of aromatic hydroxyl groups is 2. The van der Waals surface area contributed by atoms with Gasteiger partial charge in [-0.05, 0) is 103 Å². The topological polar surface area (TPSA) is 242 Å². The number of phenols is 2. The molecule has 0 amide bonds. The second kappa shape index (κ2) is 18.2. The highest BCUT2D eigenvalue weighted by Crippen LogP contribution is 2.43. The first-order valence-corrected chi connectivity index (χ1v) is 24.6. The summed E-state index contributed by atoms with van der Waals surface area (Å²) in [5, 5.41) is 21.6. The van der Waals surface area contributed by atoms with E-state index in [1.165, 1.54) is 12.1 Å². The molecule has 19 nitrogen and oxygen atoms in total. The molecule has 13 rings (SSSR count). The van der Waals surface area contributed by atoms with E-state index in [0.29, 0.717) is 31.9 Å². The highest BCUT2D eigenvalue weighted by Gasteiger charge is 2.29. The predicted octanol–water partition coefficient (Wildman–Crippen LogP) is 7.27. The molecule has 0 aliphatic heterocycles. The van der Waals surface area contributed by atoms with E-state index in [1.807, 2.05) is 121 Å². The molecule has 0 unspecified atom stereocenters. The van der Waals surface area contributed by atoms with Crippen molar-refractivity contribution >= 4 is 83.3 Å².